The molecule has 6 heteroatoms. The number of amides is 2. The Kier molecular flexibility index (Phi) is 6.57. The van der Waals surface area contributed by atoms with Gasteiger partial charge >= 0.3 is 6.03 Å². The molecule has 1 atom stereocenters. The van der Waals surface area contributed by atoms with Crippen molar-refractivity contribution in [3.8, 4) is 0 Å². The Morgan fingerprint density at radius 3 is 2.68 bits per heavy atom. The van der Waals surface area contributed by atoms with Crippen LogP contribution in [0.2, 0.25) is 5.02 Å². The highest BCUT2D eigenvalue weighted by atomic mass is 35.5. The summed E-state index contributed by atoms with van der Waals surface area (Å²) in [5.41, 5.74) is 4.08. The first kappa shape index (κ1) is 20.2. The normalized spacial score (nSPS) is 15.9. The molecule has 2 aromatic carbocycles. The van der Waals surface area contributed by atoms with Gasteiger partial charge in [0.05, 0.1) is 12.3 Å². The Balaban J connectivity index is 1.71. The van der Waals surface area contributed by atoms with Crippen LogP contribution in [0.3, 0.4) is 0 Å². The smallest absolute Gasteiger partial charge is 0.318 e. The Bertz CT molecular complexity index is 866. The van der Waals surface area contributed by atoms with E-state index in [1.165, 1.54) is 0 Å². The fraction of sp³-hybridized carbons (Fsp3) is 0.364. The molecule has 3 rings (SSSR count). The molecule has 0 aliphatic carbocycles. The third-order valence-corrected chi connectivity index (χ3v) is 5.00. The maximum absolute atomic E-state index is 12.7. The van der Waals surface area contributed by atoms with Crippen molar-refractivity contribution < 1.29 is 9.63 Å². The van der Waals surface area contributed by atoms with Crippen LogP contribution in [0.5, 0.6) is 0 Å². The largest absolute Gasteiger partial charge is 0.390 e. The monoisotopic (exact) mass is 399 g/mol. The van der Waals surface area contributed by atoms with Gasteiger partial charge in [0.1, 0.15) is 0 Å². The standard InChI is InChI=1S/C22H26ClN3O2/c1-15(2)24-22(27)26(13-17-9-5-7-11-20(17)23)14-18-12-21(25-28-18)19-10-6-4-8-16(19)3/h4-11,15,18H,12-14H2,1-3H3,(H,24,27). The van der Waals surface area contributed by atoms with E-state index in [9.17, 15) is 4.79 Å². The molecular formula is C22H26ClN3O2. The lowest BCUT2D eigenvalue weighted by Crippen LogP contribution is -2.45. The third kappa shape index (κ3) is 5.04. The highest BCUT2D eigenvalue weighted by molar-refractivity contribution is 6.31. The fourth-order valence-corrected chi connectivity index (χ4v) is 3.41. The molecule has 1 aliphatic heterocycles. The summed E-state index contributed by atoms with van der Waals surface area (Å²) in [7, 11) is 0. The summed E-state index contributed by atoms with van der Waals surface area (Å²) in [6, 6.07) is 15.6. The van der Waals surface area contributed by atoms with Crippen LogP contribution in [-0.4, -0.2) is 35.3 Å². The number of benzene rings is 2. The summed E-state index contributed by atoms with van der Waals surface area (Å²) in [6.07, 6.45) is 0.480. The summed E-state index contributed by atoms with van der Waals surface area (Å²) in [6.45, 7) is 6.79. The van der Waals surface area contributed by atoms with Crippen LogP contribution in [0.25, 0.3) is 0 Å². The van der Waals surface area contributed by atoms with Crippen molar-refractivity contribution in [1.82, 2.24) is 10.2 Å². The van der Waals surface area contributed by atoms with E-state index < -0.39 is 0 Å². The average Bonchev–Trinajstić information content (AvgIpc) is 3.11. The minimum Gasteiger partial charge on any atom is -0.390 e. The number of hydrogen-bond donors (Lipinski definition) is 1. The van der Waals surface area contributed by atoms with Crippen LogP contribution in [0.1, 0.15) is 37.0 Å². The molecule has 0 saturated carbocycles. The second kappa shape index (κ2) is 9.11. The van der Waals surface area contributed by atoms with Crippen LogP contribution in [0.4, 0.5) is 4.79 Å². The van der Waals surface area contributed by atoms with E-state index >= 15 is 0 Å². The molecule has 0 radical (unpaired) electrons. The van der Waals surface area contributed by atoms with Crippen molar-refractivity contribution in [3.63, 3.8) is 0 Å². The zero-order chi connectivity index (χ0) is 20.1. The van der Waals surface area contributed by atoms with Crippen molar-refractivity contribution in [2.24, 2.45) is 5.16 Å². The molecule has 5 nitrogen and oxygen atoms in total. The molecule has 28 heavy (non-hydrogen) atoms. The van der Waals surface area contributed by atoms with Crippen molar-refractivity contribution in [1.29, 1.82) is 0 Å². The average molecular weight is 400 g/mol. The number of carbonyl (C=O) groups excluding carboxylic acids is 1. The van der Waals surface area contributed by atoms with Gasteiger partial charge in [0.25, 0.3) is 0 Å². The summed E-state index contributed by atoms with van der Waals surface area (Å²) in [5.74, 6) is 0. The Hall–Kier alpha value is -2.53. The minimum absolute atomic E-state index is 0.0459. The lowest BCUT2D eigenvalue weighted by molar-refractivity contribution is 0.0586. The highest BCUT2D eigenvalue weighted by Crippen LogP contribution is 2.22. The summed E-state index contributed by atoms with van der Waals surface area (Å²) >= 11 is 6.30. The van der Waals surface area contributed by atoms with Gasteiger partial charge in [0, 0.05) is 29.6 Å². The molecule has 148 valence electrons. The zero-order valence-electron chi connectivity index (χ0n) is 16.5. The van der Waals surface area contributed by atoms with E-state index in [-0.39, 0.29) is 18.2 Å². The maximum Gasteiger partial charge on any atom is 0.318 e. The van der Waals surface area contributed by atoms with Gasteiger partial charge in [0.15, 0.2) is 6.10 Å². The van der Waals surface area contributed by atoms with Gasteiger partial charge in [-0.05, 0) is 38.0 Å². The van der Waals surface area contributed by atoms with Crippen molar-refractivity contribution in [2.45, 2.75) is 45.9 Å². The van der Waals surface area contributed by atoms with E-state index in [2.05, 4.69) is 23.5 Å². The van der Waals surface area contributed by atoms with E-state index in [1.807, 2.05) is 56.3 Å². The molecule has 0 aromatic heterocycles. The van der Waals surface area contributed by atoms with E-state index in [0.29, 0.717) is 24.5 Å². The molecule has 2 aromatic rings. The topological polar surface area (TPSA) is 53.9 Å². The van der Waals surface area contributed by atoms with Gasteiger partial charge < -0.3 is 15.1 Å². The number of oxime groups is 1. The van der Waals surface area contributed by atoms with E-state index in [4.69, 9.17) is 16.4 Å². The predicted octanol–water partition coefficient (Wildman–Crippen LogP) is 4.76. The molecular weight excluding hydrogens is 374 g/mol. The predicted molar refractivity (Wildman–Crippen MR) is 113 cm³/mol. The summed E-state index contributed by atoms with van der Waals surface area (Å²) in [5, 5.41) is 7.89. The van der Waals surface area contributed by atoms with Crippen LogP contribution in [-0.2, 0) is 11.4 Å². The Labute approximate surface area is 171 Å². The molecule has 1 heterocycles. The van der Waals surface area contributed by atoms with Gasteiger partial charge in [-0.25, -0.2) is 4.79 Å². The summed E-state index contributed by atoms with van der Waals surface area (Å²) in [4.78, 5) is 20.1. The van der Waals surface area contributed by atoms with Crippen LogP contribution >= 0.6 is 11.6 Å². The molecule has 0 spiro atoms. The van der Waals surface area contributed by atoms with Gasteiger partial charge in [-0.3, -0.25) is 0 Å². The number of nitrogens with one attached hydrogen (secondary N) is 1. The first-order chi connectivity index (χ1) is 13.4. The molecule has 0 fully saturated rings. The number of rotatable bonds is 6. The van der Waals surface area contributed by atoms with Gasteiger partial charge in [0.2, 0.25) is 0 Å². The maximum atomic E-state index is 12.7. The number of hydrogen-bond acceptors (Lipinski definition) is 3. The molecule has 1 unspecified atom stereocenters. The quantitative estimate of drug-likeness (QED) is 0.761. The Morgan fingerprint density at radius 2 is 1.96 bits per heavy atom. The van der Waals surface area contributed by atoms with Crippen molar-refractivity contribution in [2.75, 3.05) is 6.54 Å². The second-order valence-electron chi connectivity index (χ2n) is 7.36. The van der Waals surface area contributed by atoms with Gasteiger partial charge in [-0.2, -0.15) is 0 Å². The first-order valence-electron chi connectivity index (χ1n) is 9.51. The highest BCUT2D eigenvalue weighted by Gasteiger charge is 2.28. The molecule has 2 amide bonds. The minimum atomic E-state index is -0.185. The fourth-order valence-electron chi connectivity index (χ4n) is 3.22. The number of nitrogens with zero attached hydrogens (tertiary/aromatic N) is 2. The molecule has 0 bridgehead atoms. The van der Waals surface area contributed by atoms with Crippen molar-refractivity contribution >= 4 is 23.3 Å². The lowest BCUT2D eigenvalue weighted by Gasteiger charge is -2.26. The van der Waals surface area contributed by atoms with Crippen LogP contribution in [0.15, 0.2) is 53.7 Å². The number of halogens is 1. The van der Waals surface area contributed by atoms with Crippen molar-refractivity contribution in [3.05, 3.63) is 70.2 Å². The van der Waals surface area contributed by atoms with Gasteiger partial charge in [-0.1, -0.05) is 59.2 Å². The summed E-state index contributed by atoms with van der Waals surface area (Å²) < 4.78 is 0. The lowest BCUT2D eigenvalue weighted by atomic mass is 10.0. The van der Waals surface area contributed by atoms with Crippen LogP contribution in [0, 0.1) is 6.92 Å². The molecule has 1 aliphatic rings. The Morgan fingerprint density at radius 1 is 1.25 bits per heavy atom. The molecule has 0 saturated heterocycles. The second-order valence-corrected chi connectivity index (χ2v) is 7.77. The molecule has 1 N–H and O–H groups in total. The number of carbonyl (C=O) groups is 1. The number of aryl methyl sites for hydroxylation is 1. The van der Waals surface area contributed by atoms with Gasteiger partial charge in [-0.15, -0.1) is 0 Å². The SMILES string of the molecule is Cc1ccccc1C1=NOC(CN(Cc2ccccc2Cl)C(=O)NC(C)C)C1. The number of urea groups is 1. The zero-order valence-corrected chi connectivity index (χ0v) is 17.2. The van der Waals surface area contributed by atoms with E-state index in [0.717, 1.165) is 22.4 Å². The first-order valence-corrected chi connectivity index (χ1v) is 9.89. The van der Waals surface area contributed by atoms with Crippen LogP contribution < -0.4 is 5.32 Å². The third-order valence-electron chi connectivity index (χ3n) is 4.63. The van der Waals surface area contributed by atoms with E-state index in [1.54, 1.807) is 4.90 Å².